The monoisotopic (exact) mass is 539 g/mol. The number of thioether (sulfide) groups is 1. The van der Waals surface area contributed by atoms with Gasteiger partial charge in [0, 0.05) is 12.2 Å². The number of nitrogens with one attached hydrogen (secondary N) is 2. The van der Waals surface area contributed by atoms with Crippen LogP contribution < -0.4 is 10.6 Å². The smallest absolute Gasteiger partial charge is 0.253 e. The SMILES string of the molecule is C=CCn1c(SCC(=O)Nc2c(C)cc(C)cc2C)nnc1[C@@H](CC(C)C)NC(=O)c1ccccc1Cl. The normalized spacial score (nSPS) is 11.9. The quantitative estimate of drug-likeness (QED) is 0.221. The first kappa shape index (κ1) is 28.5. The second kappa shape index (κ2) is 12.9. The molecule has 0 saturated heterocycles. The first-order valence-electron chi connectivity index (χ1n) is 12.2. The van der Waals surface area contributed by atoms with Gasteiger partial charge < -0.3 is 15.2 Å². The minimum atomic E-state index is -0.391. The van der Waals surface area contributed by atoms with Crippen LogP contribution in [0, 0.1) is 26.7 Å². The van der Waals surface area contributed by atoms with Gasteiger partial charge in [0.25, 0.3) is 5.91 Å². The predicted molar refractivity (Wildman–Crippen MR) is 151 cm³/mol. The molecule has 3 rings (SSSR count). The summed E-state index contributed by atoms with van der Waals surface area (Å²) in [7, 11) is 0. The van der Waals surface area contributed by atoms with E-state index in [1.54, 1.807) is 30.3 Å². The second-order valence-electron chi connectivity index (χ2n) is 9.49. The lowest BCUT2D eigenvalue weighted by atomic mass is 10.0. The molecule has 1 heterocycles. The van der Waals surface area contributed by atoms with Gasteiger partial charge in [0.05, 0.1) is 22.4 Å². The Kier molecular flexibility index (Phi) is 9.94. The van der Waals surface area contributed by atoms with Crippen LogP contribution in [-0.4, -0.2) is 32.3 Å². The van der Waals surface area contributed by atoms with Crippen molar-refractivity contribution in [2.75, 3.05) is 11.1 Å². The molecule has 7 nitrogen and oxygen atoms in total. The van der Waals surface area contributed by atoms with Crippen molar-refractivity contribution in [3.8, 4) is 0 Å². The highest BCUT2D eigenvalue weighted by molar-refractivity contribution is 7.99. The van der Waals surface area contributed by atoms with E-state index in [0.717, 1.165) is 22.4 Å². The van der Waals surface area contributed by atoms with E-state index in [1.165, 1.54) is 11.8 Å². The third-order valence-corrected chi connectivity index (χ3v) is 7.07. The topological polar surface area (TPSA) is 88.9 Å². The number of carbonyl (C=O) groups excluding carboxylic acids is 2. The van der Waals surface area contributed by atoms with Crippen LogP contribution in [0.3, 0.4) is 0 Å². The summed E-state index contributed by atoms with van der Waals surface area (Å²) in [6.45, 7) is 14.5. The lowest BCUT2D eigenvalue weighted by Gasteiger charge is -2.21. The van der Waals surface area contributed by atoms with Crippen LogP contribution in [0.2, 0.25) is 5.02 Å². The van der Waals surface area contributed by atoms with Crippen molar-refractivity contribution < 1.29 is 9.59 Å². The molecule has 0 spiro atoms. The molecule has 1 atom stereocenters. The summed E-state index contributed by atoms with van der Waals surface area (Å²) in [5, 5.41) is 15.9. The number of aromatic nitrogens is 3. The summed E-state index contributed by atoms with van der Waals surface area (Å²) in [6, 6.07) is 10.6. The van der Waals surface area contributed by atoms with Gasteiger partial charge in [-0.25, -0.2) is 0 Å². The Morgan fingerprint density at radius 2 is 1.81 bits per heavy atom. The molecule has 0 radical (unpaired) electrons. The van der Waals surface area contributed by atoms with Crippen molar-refractivity contribution in [1.82, 2.24) is 20.1 Å². The number of anilines is 1. The van der Waals surface area contributed by atoms with Gasteiger partial charge in [-0.15, -0.1) is 16.8 Å². The Hall–Kier alpha value is -3.10. The zero-order valence-electron chi connectivity index (χ0n) is 22.0. The number of hydrogen-bond donors (Lipinski definition) is 2. The first-order valence-corrected chi connectivity index (χ1v) is 13.6. The zero-order chi connectivity index (χ0) is 27.1. The fourth-order valence-corrected chi connectivity index (χ4v) is 5.21. The summed E-state index contributed by atoms with van der Waals surface area (Å²) < 4.78 is 1.90. The molecular weight excluding hydrogens is 506 g/mol. The number of allylic oxidation sites excluding steroid dienone is 1. The molecule has 1 aromatic heterocycles. The summed E-state index contributed by atoms with van der Waals surface area (Å²) in [4.78, 5) is 25.8. The van der Waals surface area contributed by atoms with E-state index in [1.807, 2.05) is 25.3 Å². The Morgan fingerprint density at radius 1 is 1.14 bits per heavy atom. The number of rotatable bonds is 11. The number of amides is 2. The van der Waals surface area contributed by atoms with Gasteiger partial charge >= 0.3 is 0 Å². The average molecular weight is 540 g/mol. The maximum absolute atomic E-state index is 13.0. The van der Waals surface area contributed by atoms with Crippen LogP contribution in [0.15, 0.2) is 54.2 Å². The largest absolute Gasteiger partial charge is 0.342 e. The van der Waals surface area contributed by atoms with Crippen LogP contribution in [0.25, 0.3) is 0 Å². The number of aryl methyl sites for hydroxylation is 3. The molecule has 0 aliphatic carbocycles. The Bertz CT molecular complexity index is 1260. The van der Waals surface area contributed by atoms with E-state index in [9.17, 15) is 9.59 Å². The summed E-state index contributed by atoms with van der Waals surface area (Å²) in [5.74, 6) is 0.667. The van der Waals surface area contributed by atoms with Crippen LogP contribution in [-0.2, 0) is 11.3 Å². The molecule has 0 aliphatic rings. The molecule has 0 fully saturated rings. The van der Waals surface area contributed by atoms with E-state index in [2.05, 4.69) is 53.4 Å². The molecule has 37 heavy (non-hydrogen) atoms. The summed E-state index contributed by atoms with van der Waals surface area (Å²) in [5.41, 5.74) is 4.45. The molecule has 2 aromatic carbocycles. The summed E-state index contributed by atoms with van der Waals surface area (Å²) >= 11 is 7.55. The van der Waals surface area contributed by atoms with Crippen LogP contribution in [0.1, 0.15) is 59.2 Å². The molecule has 9 heteroatoms. The molecular formula is C28H34ClN5O2S. The molecule has 3 aromatic rings. The highest BCUT2D eigenvalue weighted by Gasteiger charge is 2.25. The van der Waals surface area contributed by atoms with Gasteiger partial charge in [-0.05, 0) is 56.4 Å². The molecule has 0 saturated carbocycles. The lowest BCUT2D eigenvalue weighted by Crippen LogP contribution is -2.32. The molecule has 2 amide bonds. The fraction of sp³-hybridized carbons (Fsp3) is 0.357. The highest BCUT2D eigenvalue weighted by atomic mass is 35.5. The molecule has 2 N–H and O–H groups in total. The van der Waals surface area contributed by atoms with Gasteiger partial charge in [-0.2, -0.15) is 0 Å². The van der Waals surface area contributed by atoms with Crippen molar-refractivity contribution in [2.24, 2.45) is 5.92 Å². The number of carbonyl (C=O) groups is 2. The molecule has 0 unspecified atom stereocenters. The minimum Gasteiger partial charge on any atom is -0.342 e. The van der Waals surface area contributed by atoms with Crippen LogP contribution >= 0.6 is 23.4 Å². The molecule has 196 valence electrons. The second-order valence-corrected chi connectivity index (χ2v) is 10.8. The summed E-state index contributed by atoms with van der Waals surface area (Å²) in [6.07, 6.45) is 2.40. The number of nitrogens with zero attached hydrogens (tertiary/aromatic N) is 3. The third-order valence-electron chi connectivity index (χ3n) is 5.77. The van der Waals surface area contributed by atoms with Gasteiger partial charge in [0.1, 0.15) is 0 Å². The van der Waals surface area contributed by atoms with E-state index >= 15 is 0 Å². The standard InChI is InChI=1S/C28H34ClN5O2S/c1-7-12-34-26(23(13-17(2)3)30-27(36)21-10-8-9-11-22(21)29)32-33-28(34)37-16-24(35)31-25-19(5)14-18(4)15-20(25)6/h7-11,14-15,17,23H,1,12-13,16H2,2-6H3,(H,30,36)(H,31,35)/t23-/m1/s1. The Morgan fingerprint density at radius 3 is 2.43 bits per heavy atom. The first-order chi connectivity index (χ1) is 17.6. The number of benzene rings is 2. The minimum absolute atomic E-state index is 0.125. The number of halogens is 1. The molecule has 0 aliphatic heterocycles. The van der Waals surface area contributed by atoms with Gasteiger partial charge in [0.2, 0.25) is 5.91 Å². The van der Waals surface area contributed by atoms with E-state index in [4.69, 9.17) is 11.6 Å². The van der Waals surface area contributed by atoms with Crippen LogP contribution in [0.5, 0.6) is 0 Å². The zero-order valence-corrected chi connectivity index (χ0v) is 23.5. The third kappa shape index (κ3) is 7.46. The Balaban J connectivity index is 1.79. The maximum atomic E-state index is 13.0. The van der Waals surface area contributed by atoms with E-state index in [0.29, 0.717) is 34.5 Å². The van der Waals surface area contributed by atoms with Crippen LogP contribution in [0.4, 0.5) is 5.69 Å². The van der Waals surface area contributed by atoms with Crippen molar-refractivity contribution in [1.29, 1.82) is 0 Å². The highest BCUT2D eigenvalue weighted by Crippen LogP contribution is 2.27. The fourth-order valence-electron chi connectivity index (χ4n) is 4.23. The van der Waals surface area contributed by atoms with Gasteiger partial charge in [-0.1, -0.05) is 73.1 Å². The van der Waals surface area contributed by atoms with Crippen molar-refractivity contribution in [2.45, 2.75) is 58.8 Å². The van der Waals surface area contributed by atoms with Crippen molar-refractivity contribution in [3.63, 3.8) is 0 Å². The van der Waals surface area contributed by atoms with E-state index < -0.39 is 6.04 Å². The Labute approximate surface area is 228 Å². The van der Waals surface area contributed by atoms with Gasteiger partial charge in [-0.3, -0.25) is 9.59 Å². The van der Waals surface area contributed by atoms with Gasteiger partial charge in [0.15, 0.2) is 11.0 Å². The maximum Gasteiger partial charge on any atom is 0.253 e. The number of hydrogen-bond acceptors (Lipinski definition) is 5. The molecule has 0 bridgehead atoms. The predicted octanol–water partition coefficient (Wildman–Crippen LogP) is 6.29. The van der Waals surface area contributed by atoms with Crippen molar-refractivity contribution in [3.05, 3.63) is 82.2 Å². The average Bonchev–Trinajstić information content (AvgIpc) is 3.22. The lowest BCUT2D eigenvalue weighted by molar-refractivity contribution is -0.113. The van der Waals surface area contributed by atoms with E-state index in [-0.39, 0.29) is 23.5 Å². The van der Waals surface area contributed by atoms with Crippen molar-refractivity contribution >= 4 is 40.9 Å².